The highest BCUT2D eigenvalue weighted by atomic mass is 15.0. The second-order valence-electron chi connectivity index (χ2n) is 6.10. The van der Waals surface area contributed by atoms with Crippen LogP contribution in [0.1, 0.15) is 52.9 Å². The number of nitrogens with one attached hydrogen (secondary N) is 1. The average Bonchev–Trinajstić information content (AvgIpc) is 2.99. The van der Waals surface area contributed by atoms with E-state index >= 15 is 0 Å². The van der Waals surface area contributed by atoms with Gasteiger partial charge in [0.05, 0.1) is 0 Å². The first kappa shape index (κ1) is 10.5. The molecular weight excluding hydrogens is 170 g/mol. The maximum absolute atomic E-state index is 3.83. The van der Waals surface area contributed by atoms with Crippen molar-refractivity contribution in [2.45, 2.75) is 58.9 Å². The minimum atomic E-state index is 0.488. The second kappa shape index (κ2) is 3.84. The molecule has 2 saturated carbocycles. The molecule has 0 bridgehead atoms. The molecule has 1 heteroatoms. The van der Waals surface area contributed by atoms with Gasteiger partial charge in [-0.15, -0.1) is 0 Å². The summed E-state index contributed by atoms with van der Waals surface area (Å²) < 4.78 is 0. The lowest BCUT2D eigenvalue weighted by molar-refractivity contribution is 0.287. The van der Waals surface area contributed by atoms with Crippen LogP contribution in [0.3, 0.4) is 0 Å². The molecule has 2 aliphatic carbocycles. The van der Waals surface area contributed by atoms with Crippen LogP contribution in [0.15, 0.2) is 0 Å². The van der Waals surface area contributed by atoms with Gasteiger partial charge in [0.1, 0.15) is 0 Å². The SMILES string of the molecule is CCC(C)(C)CNC(C1CC1)C1CC1. The zero-order chi connectivity index (χ0) is 10.2. The van der Waals surface area contributed by atoms with E-state index in [1.54, 1.807) is 0 Å². The molecule has 2 aliphatic rings. The summed E-state index contributed by atoms with van der Waals surface area (Å²) in [5.41, 5.74) is 0.488. The molecule has 14 heavy (non-hydrogen) atoms. The first-order valence-corrected chi connectivity index (χ1v) is 6.36. The van der Waals surface area contributed by atoms with Gasteiger partial charge >= 0.3 is 0 Å². The summed E-state index contributed by atoms with van der Waals surface area (Å²) in [5, 5.41) is 3.83. The fraction of sp³-hybridized carbons (Fsp3) is 1.00. The molecular formula is C13H25N. The monoisotopic (exact) mass is 195 g/mol. The Kier molecular flexibility index (Phi) is 2.88. The van der Waals surface area contributed by atoms with Gasteiger partial charge in [-0.05, 0) is 49.4 Å². The van der Waals surface area contributed by atoms with E-state index in [0.717, 1.165) is 17.9 Å². The zero-order valence-corrected chi connectivity index (χ0v) is 9.97. The number of hydrogen-bond donors (Lipinski definition) is 1. The molecule has 0 radical (unpaired) electrons. The molecule has 0 atom stereocenters. The highest BCUT2D eigenvalue weighted by Crippen LogP contribution is 2.44. The molecule has 2 rings (SSSR count). The lowest BCUT2D eigenvalue weighted by Crippen LogP contribution is -2.39. The summed E-state index contributed by atoms with van der Waals surface area (Å²) in [7, 11) is 0. The maximum atomic E-state index is 3.83. The zero-order valence-electron chi connectivity index (χ0n) is 9.97. The van der Waals surface area contributed by atoms with Crippen LogP contribution in [0.4, 0.5) is 0 Å². The maximum Gasteiger partial charge on any atom is 0.0124 e. The van der Waals surface area contributed by atoms with Crippen molar-refractivity contribution in [3.63, 3.8) is 0 Å². The van der Waals surface area contributed by atoms with Gasteiger partial charge in [0.25, 0.3) is 0 Å². The Labute approximate surface area is 88.7 Å². The van der Waals surface area contributed by atoms with Crippen molar-refractivity contribution in [3.8, 4) is 0 Å². The molecule has 0 amide bonds. The largest absolute Gasteiger partial charge is 0.313 e. The molecule has 0 spiro atoms. The highest BCUT2D eigenvalue weighted by Gasteiger charge is 2.41. The Morgan fingerprint density at radius 3 is 2.00 bits per heavy atom. The van der Waals surface area contributed by atoms with Crippen LogP contribution in [0.5, 0.6) is 0 Å². The lowest BCUT2D eigenvalue weighted by atomic mass is 9.89. The molecule has 0 heterocycles. The Morgan fingerprint density at radius 1 is 1.14 bits per heavy atom. The third-order valence-corrected chi connectivity index (χ3v) is 4.03. The van der Waals surface area contributed by atoms with Crippen LogP contribution in [0.2, 0.25) is 0 Å². The van der Waals surface area contributed by atoms with Gasteiger partial charge in [0.2, 0.25) is 0 Å². The summed E-state index contributed by atoms with van der Waals surface area (Å²) in [6.45, 7) is 8.25. The number of hydrogen-bond acceptors (Lipinski definition) is 1. The van der Waals surface area contributed by atoms with Crippen molar-refractivity contribution in [1.29, 1.82) is 0 Å². The Bertz CT molecular complexity index is 177. The van der Waals surface area contributed by atoms with Crippen LogP contribution in [0, 0.1) is 17.3 Å². The van der Waals surface area contributed by atoms with Crippen molar-refractivity contribution in [2.75, 3.05) is 6.54 Å². The van der Waals surface area contributed by atoms with Crippen molar-refractivity contribution in [2.24, 2.45) is 17.3 Å². The van der Waals surface area contributed by atoms with Crippen LogP contribution < -0.4 is 5.32 Å². The van der Waals surface area contributed by atoms with Gasteiger partial charge in [-0.25, -0.2) is 0 Å². The summed E-state index contributed by atoms with van der Waals surface area (Å²) in [4.78, 5) is 0. The van der Waals surface area contributed by atoms with E-state index in [1.165, 1.54) is 38.6 Å². The molecule has 0 aromatic rings. The predicted octanol–water partition coefficient (Wildman–Crippen LogP) is 3.20. The minimum Gasteiger partial charge on any atom is -0.313 e. The topological polar surface area (TPSA) is 12.0 Å². The van der Waals surface area contributed by atoms with Gasteiger partial charge in [-0.3, -0.25) is 0 Å². The molecule has 1 N–H and O–H groups in total. The standard InChI is InChI=1S/C13H25N/c1-4-13(2,3)9-14-12(10-5-6-10)11-7-8-11/h10-12,14H,4-9H2,1-3H3. The summed E-state index contributed by atoms with van der Waals surface area (Å²) in [6, 6.07) is 0.876. The summed E-state index contributed by atoms with van der Waals surface area (Å²) in [5.74, 6) is 2.07. The van der Waals surface area contributed by atoms with Gasteiger partial charge in [-0.2, -0.15) is 0 Å². The van der Waals surface area contributed by atoms with Gasteiger partial charge in [-0.1, -0.05) is 20.8 Å². The first-order valence-electron chi connectivity index (χ1n) is 6.36. The predicted molar refractivity (Wildman–Crippen MR) is 61.3 cm³/mol. The summed E-state index contributed by atoms with van der Waals surface area (Å²) in [6.07, 6.45) is 7.23. The van der Waals surface area contributed by atoms with E-state index in [4.69, 9.17) is 0 Å². The van der Waals surface area contributed by atoms with Gasteiger partial charge < -0.3 is 5.32 Å². The highest BCUT2D eigenvalue weighted by molar-refractivity contribution is 4.96. The molecule has 0 unspecified atom stereocenters. The molecule has 82 valence electrons. The normalized spacial score (nSPS) is 23.1. The minimum absolute atomic E-state index is 0.488. The molecule has 0 aromatic carbocycles. The van der Waals surface area contributed by atoms with Crippen LogP contribution in [-0.2, 0) is 0 Å². The fourth-order valence-corrected chi connectivity index (χ4v) is 2.15. The van der Waals surface area contributed by atoms with Crippen molar-refractivity contribution < 1.29 is 0 Å². The van der Waals surface area contributed by atoms with E-state index < -0.39 is 0 Å². The molecule has 0 aromatic heterocycles. The lowest BCUT2D eigenvalue weighted by Gasteiger charge is -2.27. The molecule has 0 aliphatic heterocycles. The van der Waals surface area contributed by atoms with Crippen molar-refractivity contribution >= 4 is 0 Å². The van der Waals surface area contributed by atoms with E-state index in [2.05, 4.69) is 26.1 Å². The first-order chi connectivity index (χ1) is 6.62. The van der Waals surface area contributed by atoms with E-state index in [9.17, 15) is 0 Å². The third kappa shape index (κ3) is 2.73. The molecule has 2 fully saturated rings. The van der Waals surface area contributed by atoms with Crippen LogP contribution >= 0.6 is 0 Å². The quantitative estimate of drug-likeness (QED) is 0.686. The smallest absolute Gasteiger partial charge is 0.0124 e. The van der Waals surface area contributed by atoms with Crippen LogP contribution in [-0.4, -0.2) is 12.6 Å². The average molecular weight is 195 g/mol. The third-order valence-electron chi connectivity index (χ3n) is 4.03. The van der Waals surface area contributed by atoms with Gasteiger partial charge in [0, 0.05) is 12.6 Å². The van der Waals surface area contributed by atoms with Crippen LogP contribution in [0.25, 0.3) is 0 Å². The Morgan fingerprint density at radius 2 is 1.64 bits per heavy atom. The Hall–Kier alpha value is -0.0400. The molecule has 0 saturated heterocycles. The van der Waals surface area contributed by atoms with Gasteiger partial charge in [0.15, 0.2) is 0 Å². The van der Waals surface area contributed by atoms with E-state index in [-0.39, 0.29) is 0 Å². The number of rotatable bonds is 6. The Balaban J connectivity index is 1.76. The van der Waals surface area contributed by atoms with E-state index in [0.29, 0.717) is 5.41 Å². The van der Waals surface area contributed by atoms with Crippen molar-refractivity contribution in [1.82, 2.24) is 5.32 Å². The summed E-state index contributed by atoms with van der Waals surface area (Å²) >= 11 is 0. The van der Waals surface area contributed by atoms with Crippen molar-refractivity contribution in [3.05, 3.63) is 0 Å². The fourth-order valence-electron chi connectivity index (χ4n) is 2.15. The van der Waals surface area contributed by atoms with E-state index in [1.807, 2.05) is 0 Å². The molecule has 1 nitrogen and oxygen atoms in total. The second-order valence-corrected chi connectivity index (χ2v) is 6.10.